The van der Waals surface area contributed by atoms with E-state index >= 15 is 0 Å². The lowest BCUT2D eigenvalue weighted by atomic mass is 10.1. The molecule has 9 heteroatoms. The Morgan fingerprint density at radius 3 is 2.68 bits per heavy atom. The van der Waals surface area contributed by atoms with Crippen molar-refractivity contribution >= 4 is 51.5 Å². The van der Waals surface area contributed by atoms with Crippen molar-refractivity contribution in [2.24, 2.45) is 0 Å². The molecule has 0 aliphatic rings. The first-order valence-electron chi connectivity index (χ1n) is 5.06. The molecule has 0 aliphatic heterocycles. The number of aliphatic hydroxyl groups excluding tert-OH is 1. The van der Waals surface area contributed by atoms with Crippen molar-refractivity contribution in [3.05, 3.63) is 31.4 Å². The number of halogens is 2. The molecule has 0 fully saturated rings. The zero-order chi connectivity index (χ0) is 14.6. The van der Waals surface area contributed by atoms with Gasteiger partial charge < -0.3 is 15.5 Å². The Hall–Kier alpha value is -1.13. The fourth-order valence-corrected chi connectivity index (χ4v) is 2.23. The Bertz CT molecular complexity index is 511. The number of anilines is 1. The second-order valence-corrected chi connectivity index (χ2v) is 5.07. The summed E-state index contributed by atoms with van der Waals surface area (Å²) in [5.74, 6) is -1.29. The molecule has 0 aliphatic carbocycles. The predicted molar refractivity (Wildman–Crippen MR) is 78.0 cm³/mol. The molecule has 0 amide bonds. The Labute approximate surface area is 126 Å². The summed E-state index contributed by atoms with van der Waals surface area (Å²) >= 11 is 7.22. The van der Waals surface area contributed by atoms with Gasteiger partial charge in [-0.3, -0.25) is 10.1 Å². The van der Waals surface area contributed by atoms with E-state index < -0.39 is 17.0 Å². The van der Waals surface area contributed by atoms with Crippen molar-refractivity contribution in [3.8, 4) is 0 Å². The summed E-state index contributed by atoms with van der Waals surface area (Å²) in [6, 6.07) is 2.22. The van der Waals surface area contributed by atoms with E-state index in [1.54, 1.807) is 22.6 Å². The van der Waals surface area contributed by atoms with Crippen LogP contribution in [-0.2, 0) is 0 Å². The van der Waals surface area contributed by atoms with Gasteiger partial charge in [0.15, 0.2) is 0 Å². The minimum Gasteiger partial charge on any atom is -0.478 e. The van der Waals surface area contributed by atoms with Crippen LogP contribution in [0.5, 0.6) is 0 Å². The molecule has 1 aromatic rings. The molecule has 0 spiro atoms. The van der Waals surface area contributed by atoms with Crippen LogP contribution in [0.3, 0.4) is 0 Å². The smallest absolute Gasteiger partial charge is 0.338 e. The number of carboxylic acid groups (broad SMARTS) is 1. The lowest BCUT2D eigenvalue weighted by Gasteiger charge is -2.14. The van der Waals surface area contributed by atoms with Crippen LogP contribution in [-0.4, -0.2) is 39.6 Å². The number of nitro benzene ring substituents is 1. The molecule has 0 radical (unpaired) electrons. The fourth-order valence-electron chi connectivity index (χ4n) is 1.32. The molecule has 1 unspecified atom stereocenters. The highest BCUT2D eigenvalue weighted by Crippen LogP contribution is 2.28. The van der Waals surface area contributed by atoms with Gasteiger partial charge >= 0.3 is 5.97 Å². The van der Waals surface area contributed by atoms with Gasteiger partial charge in [0.05, 0.1) is 28.2 Å². The van der Waals surface area contributed by atoms with Gasteiger partial charge in [0.2, 0.25) is 0 Å². The van der Waals surface area contributed by atoms with E-state index in [1.807, 2.05) is 0 Å². The second kappa shape index (κ2) is 6.87. The van der Waals surface area contributed by atoms with Crippen molar-refractivity contribution in [2.75, 3.05) is 17.7 Å². The Balaban J connectivity index is 3.15. The number of nitro groups is 1. The zero-order valence-electron chi connectivity index (χ0n) is 9.47. The van der Waals surface area contributed by atoms with Crippen LogP contribution in [0.25, 0.3) is 0 Å². The molecule has 19 heavy (non-hydrogen) atoms. The molecule has 3 N–H and O–H groups in total. The summed E-state index contributed by atoms with van der Waals surface area (Å²) in [7, 11) is 0. The van der Waals surface area contributed by atoms with Crippen LogP contribution in [0, 0.1) is 13.7 Å². The van der Waals surface area contributed by atoms with Gasteiger partial charge in [0.25, 0.3) is 5.69 Å². The molecule has 1 atom stereocenters. The fraction of sp³-hybridized carbons (Fsp3) is 0.300. The van der Waals surface area contributed by atoms with E-state index in [1.165, 1.54) is 6.07 Å². The maximum Gasteiger partial charge on any atom is 0.338 e. The van der Waals surface area contributed by atoms with Crippen molar-refractivity contribution in [1.29, 1.82) is 0 Å². The molecule has 0 aromatic heterocycles. The predicted octanol–water partition coefficient (Wildman–Crippen LogP) is 1.91. The normalized spacial score (nSPS) is 11.9. The third kappa shape index (κ3) is 4.18. The van der Waals surface area contributed by atoms with Gasteiger partial charge in [0, 0.05) is 22.2 Å². The van der Waals surface area contributed by atoms with Crippen LogP contribution in [0.2, 0.25) is 0 Å². The van der Waals surface area contributed by atoms with Crippen LogP contribution in [0.15, 0.2) is 12.1 Å². The standard InChI is InChI=1S/C10H10ClIN2O5/c11-3-6(15)4-13-9-7(10(16)17)1-5(14(18)19)2-8(9)12/h1-2,6,13,15H,3-4H2,(H,16,17). The molecular formula is C10H10ClIN2O5. The number of hydrogen-bond donors (Lipinski definition) is 3. The number of hydrogen-bond acceptors (Lipinski definition) is 5. The van der Waals surface area contributed by atoms with Crippen molar-refractivity contribution in [2.45, 2.75) is 6.10 Å². The first-order valence-corrected chi connectivity index (χ1v) is 6.67. The number of alkyl halides is 1. The van der Waals surface area contributed by atoms with Crippen LogP contribution >= 0.6 is 34.2 Å². The minimum atomic E-state index is -1.29. The quantitative estimate of drug-likeness (QED) is 0.291. The molecule has 0 bridgehead atoms. The van der Waals surface area contributed by atoms with Crippen molar-refractivity contribution in [1.82, 2.24) is 0 Å². The maximum atomic E-state index is 11.1. The van der Waals surface area contributed by atoms with E-state index in [0.717, 1.165) is 6.07 Å². The lowest BCUT2D eigenvalue weighted by Crippen LogP contribution is -2.22. The van der Waals surface area contributed by atoms with Crippen molar-refractivity contribution < 1.29 is 19.9 Å². The first-order chi connectivity index (χ1) is 8.86. The Kier molecular flexibility index (Phi) is 5.76. The number of aliphatic hydroxyl groups is 1. The molecule has 0 saturated carbocycles. The van der Waals surface area contributed by atoms with E-state index in [4.69, 9.17) is 16.7 Å². The lowest BCUT2D eigenvalue weighted by molar-refractivity contribution is -0.385. The van der Waals surface area contributed by atoms with Crippen LogP contribution < -0.4 is 5.32 Å². The number of non-ortho nitro benzene ring substituents is 1. The van der Waals surface area contributed by atoms with E-state index in [0.29, 0.717) is 3.57 Å². The van der Waals surface area contributed by atoms with Crippen LogP contribution in [0.1, 0.15) is 10.4 Å². The number of carbonyl (C=O) groups is 1. The number of rotatable bonds is 6. The Morgan fingerprint density at radius 1 is 1.58 bits per heavy atom. The summed E-state index contributed by atoms with van der Waals surface area (Å²) in [5.41, 5.74) is -0.298. The highest BCUT2D eigenvalue weighted by molar-refractivity contribution is 14.1. The van der Waals surface area contributed by atoms with Crippen molar-refractivity contribution in [3.63, 3.8) is 0 Å². The molecule has 104 valence electrons. The molecule has 7 nitrogen and oxygen atoms in total. The van der Waals surface area contributed by atoms with Crippen LogP contribution in [0.4, 0.5) is 11.4 Å². The summed E-state index contributed by atoms with van der Waals surface area (Å²) in [4.78, 5) is 21.1. The summed E-state index contributed by atoms with van der Waals surface area (Å²) in [6.45, 7) is 0.0532. The minimum absolute atomic E-state index is 0.00103. The largest absolute Gasteiger partial charge is 0.478 e. The monoisotopic (exact) mass is 400 g/mol. The summed E-state index contributed by atoms with van der Waals surface area (Å²) in [6.07, 6.45) is -0.839. The van der Waals surface area contributed by atoms with E-state index in [-0.39, 0.29) is 29.4 Å². The first kappa shape index (κ1) is 15.9. The second-order valence-electron chi connectivity index (χ2n) is 3.60. The van der Waals surface area contributed by atoms with E-state index in [2.05, 4.69) is 5.32 Å². The SMILES string of the molecule is O=C(O)c1cc([N+](=O)[O-])cc(I)c1NCC(O)CCl. The van der Waals surface area contributed by atoms with Gasteiger partial charge in [-0.15, -0.1) is 11.6 Å². The highest BCUT2D eigenvalue weighted by Gasteiger charge is 2.20. The molecule has 1 aromatic carbocycles. The zero-order valence-corrected chi connectivity index (χ0v) is 12.4. The highest BCUT2D eigenvalue weighted by atomic mass is 127. The molecule has 0 saturated heterocycles. The Morgan fingerprint density at radius 2 is 2.21 bits per heavy atom. The summed E-state index contributed by atoms with van der Waals surface area (Å²) in [5, 5.41) is 31.8. The third-order valence-electron chi connectivity index (χ3n) is 2.21. The van der Waals surface area contributed by atoms with Gasteiger partial charge in [-0.25, -0.2) is 4.79 Å². The topological polar surface area (TPSA) is 113 Å². The average molecular weight is 401 g/mol. The summed E-state index contributed by atoms with van der Waals surface area (Å²) < 4.78 is 0.381. The molecule has 1 rings (SSSR count). The van der Waals surface area contributed by atoms with Gasteiger partial charge in [-0.05, 0) is 22.6 Å². The number of benzene rings is 1. The van der Waals surface area contributed by atoms with E-state index in [9.17, 15) is 20.0 Å². The van der Waals surface area contributed by atoms with Gasteiger partial charge in [0.1, 0.15) is 0 Å². The number of aromatic carboxylic acids is 1. The number of nitrogens with one attached hydrogen (secondary N) is 1. The number of carboxylic acids is 1. The third-order valence-corrected chi connectivity index (χ3v) is 3.42. The molecular weight excluding hydrogens is 390 g/mol. The maximum absolute atomic E-state index is 11.1. The average Bonchev–Trinajstić information content (AvgIpc) is 2.35. The van der Waals surface area contributed by atoms with Gasteiger partial charge in [-0.2, -0.15) is 0 Å². The molecule has 0 heterocycles. The number of nitrogens with zero attached hydrogens (tertiary/aromatic N) is 1. The van der Waals surface area contributed by atoms with Gasteiger partial charge in [-0.1, -0.05) is 0 Å².